The summed E-state index contributed by atoms with van der Waals surface area (Å²) in [6.07, 6.45) is 51.3. The van der Waals surface area contributed by atoms with Crippen molar-refractivity contribution >= 4 is 13.7 Å². The van der Waals surface area contributed by atoms with E-state index in [9.17, 15) is 19.4 Å². The first-order valence-corrected chi connectivity index (χ1v) is 24.6. The van der Waals surface area contributed by atoms with Crippen molar-refractivity contribution in [1.82, 2.24) is 5.32 Å². The second kappa shape index (κ2) is 39.6. The molecule has 0 aliphatic rings. The first-order valence-electron chi connectivity index (χ1n) is 23.2. The third kappa shape index (κ3) is 42.1. The number of carbonyl (C=O) groups excluding carboxylic acids is 1. The van der Waals surface area contributed by atoms with Gasteiger partial charge in [-0.1, -0.05) is 171 Å². The topological polar surface area (TPSA) is 108 Å². The number of rotatable bonds is 41. The van der Waals surface area contributed by atoms with E-state index < -0.39 is 26.6 Å². The number of aliphatic hydroxyl groups is 1. The Morgan fingerprint density at radius 2 is 1.05 bits per heavy atom. The molecule has 0 bridgehead atoms. The number of hydrogen-bond donors (Lipinski definition) is 2. The van der Waals surface area contributed by atoms with Crippen molar-refractivity contribution in [3.8, 4) is 0 Å². The van der Waals surface area contributed by atoms with Gasteiger partial charge in [-0.15, -0.1) is 0 Å². The van der Waals surface area contributed by atoms with Crippen molar-refractivity contribution in [3.63, 3.8) is 0 Å². The molecule has 9 heteroatoms. The minimum atomic E-state index is -4.60. The van der Waals surface area contributed by atoms with Gasteiger partial charge in [-0.3, -0.25) is 9.36 Å². The van der Waals surface area contributed by atoms with E-state index in [1.807, 2.05) is 27.2 Å². The number of hydrogen-bond acceptors (Lipinski definition) is 6. The normalized spacial score (nSPS) is 14.9. The minimum absolute atomic E-state index is 0.0115. The van der Waals surface area contributed by atoms with Crippen LogP contribution in [0.25, 0.3) is 0 Å². The molecule has 0 fully saturated rings. The summed E-state index contributed by atoms with van der Waals surface area (Å²) in [5, 5.41) is 13.7. The average molecular weight is 821 g/mol. The molecule has 0 aliphatic heterocycles. The molecular weight excluding hydrogens is 732 g/mol. The highest BCUT2D eigenvalue weighted by molar-refractivity contribution is 7.45. The van der Waals surface area contributed by atoms with Crippen LogP contribution in [-0.4, -0.2) is 68.5 Å². The molecule has 0 saturated carbocycles. The summed E-state index contributed by atoms with van der Waals surface area (Å²) < 4.78 is 23.2. The van der Waals surface area contributed by atoms with Crippen molar-refractivity contribution in [2.75, 3.05) is 40.9 Å². The lowest BCUT2D eigenvalue weighted by atomic mass is 10.0. The Morgan fingerprint density at radius 3 is 1.58 bits per heavy atom. The van der Waals surface area contributed by atoms with Gasteiger partial charge in [0.25, 0.3) is 7.82 Å². The van der Waals surface area contributed by atoms with Gasteiger partial charge in [0.15, 0.2) is 0 Å². The molecule has 57 heavy (non-hydrogen) atoms. The number of phosphoric ester groups is 1. The fourth-order valence-electron chi connectivity index (χ4n) is 6.20. The maximum absolute atomic E-state index is 12.9. The van der Waals surface area contributed by atoms with Gasteiger partial charge in [-0.2, -0.15) is 0 Å². The molecule has 2 N–H and O–H groups in total. The summed E-state index contributed by atoms with van der Waals surface area (Å²) in [6, 6.07) is -0.911. The zero-order valence-corrected chi connectivity index (χ0v) is 38.4. The van der Waals surface area contributed by atoms with E-state index in [4.69, 9.17) is 9.05 Å². The summed E-state index contributed by atoms with van der Waals surface area (Å²) in [5.41, 5.74) is 0. The first kappa shape index (κ1) is 55.2. The molecule has 3 atom stereocenters. The zero-order chi connectivity index (χ0) is 42.1. The van der Waals surface area contributed by atoms with Gasteiger partial charge in [0.1, 0.15) is 13.2 Å². The third-order valence-corrected chi connectivity index (χ3v) is 10.9. The lowest BCUT2D eigenvalue weighted by molar-refractivity contribution is -0.870. The molecule has 1 amide bonds. The Balaban J connectivity index is 4.33. The molecule has 8 nitrogen and oxygen atoms in total. The first-order chi connectivity index (χ1) is 27.5. The minimum Gasteiger partial charge on any atom is -0.756 e. The molecule has 0 rings (SSSR count). The number of phosphoric acid groups is 1. The molecule has 0 radical (unpaired) electrons. The standard InChI is InChI=1S/C48H89N2O6P/c1-6-8-10-12-14-16-18-20-21-22-23-24-25-26-27-28-29-30-32-34-36-38-40-42-48(52)49-46(45-56-57(53,54)55-44-43-50(3,4)5)47(51)41-39-37-35-33-31-19-17-15-13-11-9-7-2/h13,15,18,20,22-23,31,33,39,41,46-47,51H,6-12,14,16-17,19,21,24-30,32,34-38,40,42-45H2,1-5H3,(H-,49,52,53,54)/b15-13+,20-18-,23-22-,33-31+,41-39+. The predicted molar refractivity (Wildman–Crippen MR) is 242 cm³/mol. The maximum atomic E-state index is 12.9. The molecule has 0 aliphatic carbocycles. The maximum Gasteiger partial charge on any atom is 0.268 e. The van der Waals surface area contributed by atoms with Crippen molar-refractivity contribution in [1.29, 1.82) is 0 Å². The molecule has 0 aromatic carbocycles. The highest BCUT2D eigenvalue weighted by Crippen LogP contribution is 2.38. The van der Waals surface area contributed by atoms with Crippen molar-refractivity contribution in [2.45, 2.75) is 199 Å². The number of nitrogens with zero attached hydrogens (tertiary/aromatic N) is 1. The van der Waals surface area contributed by atoms with Gasteiger partial charge < -0.3 is 28.8 Å². The largest absolute Gasteiger partial charge is 0.756 e. The van der Waals surface area contributed by atoms with Crippen LogP contribution in [0.1, 0.15) is 187 Å². The number of likely N-dealkylation sites (N-methyl/N-ethyl adjacent to an activating group) is 1. The van der Waals surface area contributed by atoms with E-state index >= 15 is 0 Å². The summed E-state index contributed by atoms with van der Waals surface area (Å²) >= 11 is 0. The van der Waals surface area contributed by atoms with Crippen molar-refractivity contribution in [2.24, 2.45) is 0 Å². The number of amides is 1. The van der Waals surface area contributed by atoms with E-state index in [1.54, 1.807) is 6.08 Å². The van der Waals surface area contributed by atoms with Crippen LogP contribution in [-0.2, 0) is 18.4 Å². The van der Waals surface area contributed by atoms with Crippen LogP contribution in [0.15, 0.2) is 60.8 Å². The van der Waals surface area contributed by atoms with Crippen LogP contribution < -0.4 is 10.2 Å². The number of allylic oxidation sites excluding steroid dienone is 9. The SMILES string of the molecule is CCCC/C=C/CC/C=C/CC/C=C/C(O)C(COP(=O)([O-])OCC[N+](C)(C)C)NC(=O)CCCCCCCCCCCCC/C=C\C/C=C\CCCCCCC. The van der Waals surface area contributed by atoms with Gasteiger partial charge in [0.2, 0.25) is 5.91 Å². The monoisotopic (exact) mass is 821 g/mol. The molecule has 0 saturated heterocycles. The molecule has 332 valence electrons. The van der Waals surface area contributed by atoms with Gasteiger partial charge in [-0.25, -0.2) is 0 Å². The molecule has 0 aromatic heterocycles. The van der Waals surface area contributed by atoms with Gasteiger partial charge >= 0.3 is 0 Å². The fraction of sp³-hybridized carbons (Fsp3) is 0.771. The molecule has 0 aromatic rings. The number of nitrogens with one attached hydrogen (secondary N) is 1. The third-order valence-electron chi connectivity index (χ3n) is 9.93. The van der Waals surface area contributed by atoms with E-state index in [0.717, 1.165) is 57.8 Å². The van der Waals surface area contributed by atoms with E-state index in [1.165, 1.54) is 109 Å². The number of quaternary nitrogens is 1. The van der Waals surface area contributed by atoms with E-state index in [-0.39, 0.29) is 12.5 Å². The van der Waals surface area contributed by atoms with Crippen LogP contribution >= 0.6 is 7.82 Å². The molecular formula is C48H89N2O6P. The highest BCUT2D eigenvalue weighted by atomic mass is 31.2. The Kier molecular flexibility index (Phi) is 38.4. The highest BCUT2D eigenvalue weighted by Gasteiger charge is 2.23. The number of unbranched alkanes of at least 4 members (excludes halogenated alkanes) is 20. The van der Waals surface area contributed by atoms with E-state index in [2.05, 4.69) is 67.8 Å². The summed E-state index contributed by atoms with van der Waals surface area (Å²) in [5.74, 6) is -0.217. The second-order valence-corrected chi connectivity index (χ2v) is 18.1. The smallest absolute Gasteiger partial charge is 0.268 e. The van der Waals surface area contributed by atoms with Gasteiger partial charge in [0.05, 0.1) is 39.9 Å². The Labute approximate surface area is 351 Å². The van der Waals surface area contributed by atoms with Gasteiger partial charge in [0, 0.05) is 6.42 Å². The molecule has 0 heterocycles. The van der Waals surface area contributed by atoms with Crippen LogP contribution in [0, 0.1) is 0 Å². The Bertz CT molecular complexity index is 1110. The number of aliphatic hydroxyl groups excluding tert-OH is 1. The summed E-state index contributed by atoms with van der Waals surface area (Å²) in [6.45, 7) is 4.54. The summed E-state index contributed by atoms with van der Waals surface area (Å²) in [4.78, 5) is 25.3. The average Bonchev–Trinajstić information content (AvgIpc) is 3.16. The Hall–Kier alpha value is -1.80. The van der Waals surface area contributed by atoms with E-state index in [0.29, 0.717) is 17.4 Å². The molecule has 0 spiro atoms. The van der Waals surface area contributed by atoms with Gasteiger partial charge in [-0.05, 0) is 70.6 Å². The lowest BCUT2D eigenvalue weighted by Gasteiger charge is -2.29. The predicted octanol–water partition coefficient (Wildman–Crippen LogP) is 12.4. The summed E-state index contributed by atoms with van der Waals surface area (Å²) in [7, 11) is 1.22. The van der Waals surface area contributed by atoms with Crippen LogP contribution in [0.5, 0.6) is 0 Å². The van der Waals surface area contributed by atoms with Crippen LogP contribution in [0.4, 0.5) is 0 Å². The van der Waals surface area contributed by atoms with Crippen LogP contribution in [0.3, 0.4) is 0 Å². The Morgan fingerprint density at radius 1 is 0.614 bits per heavy atom. The fourth-order valence-corrected chi connectivity index (χ4v) is 6.92. The number of carbonyl (C=O) groups is 1. The van der Waals surface area contributed by atoms with Crippen molar-refractivity contribution in [3.05, 3.63) is 60.8 Å². The lowest BCUT2D eigenvalue weighted by Crippen LogP contribution is -2.45. The second-order valence-electron chi connectivity index (χ2n) is 16.7. The van der Waals surface area contributed by atoms with Crippen LogP contribution in [0.2, 0.25) is 0 Å². The zero-order valence-electron chi connectivity index (χ0n) is 37.5. The molecule has 3 unspecified atom stereocenters. The van der Waals surface area contributed by atoms with Crippen molar-refractivity contribution < 1.29 is 32.9 Å². The quantitative estimate of drug-likeness (QED) is 0.0275.